The summed E-state index contributed by atoms with van der Waals surface area (Å²) in [7, 11) is 0. The molecule has 0 radical (unpaired) electrons. The van der Waals surface area contributed by atoms with E-state index in [2.05, 4.69) is 0 Å². The van der Waals surface area contributed by atoms with Crippen LogP contribution in [0.25, 0.3) is 0 Å². The largest absolute Gasteiger partial charge is 0.492 e. The predicted molar refractivity (Wildman–Crippen MR) is 70.7 cm³/mol. The van der Waals surface area contributed by atoms with Gasteiger partial charge in [0.25, 0.3) is 0 Å². The van der Waals surface area contributed by atoms with E-state index in [9.17, 15) is 4.79 Å². The summed E-state index contributed by atoms with van der Waals surface area (Å²) in [5.41, 5.74) is 6.90. The molecule has 4 nitrogen and oxygen atoms in total. The average Bonchev–Trinajstić information content (AvgIpc) is 2.26. The van der Waals surface area contributed by atoms with Gasteiger partial charge in [0.2, 0.25) is 0 Å². The fourth-order valence-corrected chi connectivity index (χ4v) is 1.44. The van der Waals surface area contributed by atoms with Gasteiger partial charge < -0.3 is 15.6 Å². The number of aryl methyl sites for hydroxylation is 1. The quantitative estimate of drug-likeness (QED) is 0.843. The monoisotopic (exact) mass is 251 g/mol. The Balaban J connectivity index is 2.78. The Morgan fingerprint density at radius 2 is 2.11 bits per heavy atom. The van der Waals surface area contributed by atoms with E-state index in [-0.39, 0.29) is 12.6 Å². The zero-order valence-corrected chi connectivity index (χ0v) is 11.4. The van der Waals surface area contributed by atoms with Gasteiger partial charge in [-0.25, -0.2) is 0 Å². The highest BCUT2D eigenvalue weighted by molar-refractivity contribution is 5.73. The van der Waals surface area contributed by atoms with Crippen molar-refractivity contribution in [1.29, 1.82) is 0 Å². The van der Waals surface area contributed by atoms with E-state index in [1.54, 1.807) is 13.8 Å². The lowest BCUT2D eigenvalue weighted by molar-refractivity contribution is -0.148. The van der Waals surface area contributed by atoms with Gasteiger partial charge in [-0.15, -0.1) is 0 Å². The minimum absolute atomic E-state index is 0.0202. The van der Waals surface area contributed by atoms with Crippen LogP contribution in [0.15, 0.2) is 18.2 Å². The average molecular weight is 251 g/mol. The van der Waals surface area contributed by atoms with E-state index in [1.807, 2.05) is 32.0 Å². The Labute approximate surface area is 108 Å². The fraction of sp³-hybridized carbons (Fsp3) is 0.500. The van der Waals surface area contributed by atoms with E-state index >= 15 is 0 Å². The number of hydrogen-bond donors (Lipinski definition) is 2. The molecule has 0 bridgehead atoms. The van der Waals surface area contributed by atoms with Crippen molar-refractivity contribution < 1.29 is 14.6 Å². The maximum absolute atomic E-state index is 11.0. The van der Waals surface area contributed by atoms with Crippen molar-refractivity contribution in [3.63, 3.8) is 0 Å². The number of aliphatic carboxylic acids is 1. The molecule has 0 spiro atoms. The van der Waals surface area contributed by atoms with Gasteiger partial charge in [0, 0.05) is 6.04 Å². The van der Waals surface area contributed by atoms with Crippen molar-refractivity contribution in [3.8, 4) is 5.75 Å². The van der Waals surface area contributed by atoms with Crippen LogP contribution in [0.1, 0.15) is 37.9 Å². The molecule has 0 aliphatic heterocycles. The summed E-state index contributed by atoms with van der Waals surface area (Å²) in [5.74, 6) is -0.166. The number of nitrogens with two attached hydrogens (primary N) is 1. The number of rotatable bonds is 5. The molecule has 0 heterocycles. The number of carbonyl (C=O) groups is 1. The zero-order chi connectivity index (χ0) is 13.9. The normalized spacial score (nSPS) is 13.2. The molecule has 0 aliphatic carbocycles. The summed E-state index contributed by atoms with van der Waals surface area (Å²) in [6.07, 6.45) is 0. The van der Waals surface area contributed by atoms with Crippen molar-refractivity contribution in [2.75, 3.05) is 6.61 Å². The number of benzene rings is 1. The standard InChI is InChI=1S/C14H21NO3/c1-9-7-11(10(2)15)5-6-12(9)18-8-14(3,4)13(16)17/h5-7,10H,8,15H2,1-4H3,(H,16,17). The first-order chi connectivity index (χ1) is 8.24. The van der Waals surface area contributed by atoms with E-state index in [1.165, 1.54) is 0 Å². The predicted octanol–water partition coefficient (Wildman–Crippen LogP) is 2.50. The minimum Gasteiger partial charge on any atom is -0.492 e. The molecule has 3 N–H and O–H groups in total. The zero-order valence-electron chi connectivity index (χ0n) is 11.4. The van der Waals surface area contributed by atoms with Gasteiger partial charge in [-0.1, -0.05) is 12.1 Å². The van der Waals surface area contributed by atoms with Crippen LogP contribution in [0, 0.1) is 12.3 Å². The Bertz CT molecular complexity index is 439. The van der Waals surface area contributed by atoms with E-state index in [4.69, 9.17) is 15.6 Å². The maximum Gasteiger partial charge on any atom is 0.312 e. The molecule has 0 saturated carbocycles. The van der Waals surface area contributed by atoms with Gasteiger partial charge in [0.15, 0.2) is 0 Å². The second kappa shape index (κ2) is 5.40. The molecule has 0 fully saturated rings. The molecule has 4 heteroatoms. The molecule has 1 atom stereocenters. The second-order valence-corrected chi connectivity index (χ2v) is 5.29. The van der Waals surface area contributed by atoms with Gasteiger partial charge in [0.05, 0.1) is 5.41 Å². The number of hydrogen-bond acceptors (Lipinski definition) is 3. The fourth-order valence-electron chi connectivity index (χ4n) is 1.44. The third-order valence-electron chi connectivity index (χ3n) is 2.89. The molecular weight excluding hydrogens is 230 g/mol. The molecule has 0 saturated heterocycles. The lowest BCUT2D eigenvalue weighted by Crippen LogP contribution is -2.30. The van der Waals surface area contributed by atoms with Crippen LogP contribution in [0.3, 0.4) is 0 Å². The van der Waals surface area contributed by atoms with Gasteiger partial charge in [-0.05, 0) is 44.9 Å². The summed E-state index contributed by atoms with van der Waals surface area (Å²) in [5, 5.41) is 9.01. The second-order valence-electron chi connectivity index (χ2n) is 5.29. The first-order valence-electron chi connectivity index (χ1n) is 5.96. The van der Waals surface area contributed by atoms with Crippen LogP contribution < -0.4 is 10.5 Å². The first-order valence-corrected chi connectivity index (χ1v) is 5.96. The molecule has 1 aromatic rings. The molecule has 18 heavy (non-hydrogen) atoms. The summed E-state index contributed by atoms with van der Waals surface area (Å²) in [6.45, 7) is 7.26. The van der Waals surface area contributed by atoms with Crippen molar-refractivity contribution in [1.82, 2.24) is 0 Å². The Morgan fingerprint density at radius 3 is 2.56 bits per heavy atom. The summed E-state index contributed by atoms with van der Waals surface area (Å²) >= 11 is 0. The van der Waals surface area contributed by atoms with Gasteiger partial charge in [-0.3, -0.25) is 4.79 Å². The van der Waals surface area contributed by atoms with Gasteiger partial charge in [-0.2, -0.15) is 0 Å². The van der Waals surface area contributed by atoms with Crippen molar-refractivity contribution in [2.45, 2.75) is 33.7 Å². The molecule has 1 rings (SSSR count). The van der Waals surface area contributed by atoms with E-state index in [0.29, 0.717) is 5.75 Å². The van der Waals surface area contributed by atoms with Crippen LogP contribution >= 0.6 is 0 Å². The summed E-state index contributed by atoms with van der Waals surface area (Å²) < 4.78 is 5.58. The topological polar surface area (TPSA) is 72.5 Å². The van der Waals surface area contributed by atoms with Crippen molar-refractivity contribution in [3.05, 3.63) is 29.3 Å². The Hall–Kier alpha value is -1.55. The summed E-state index contributed by atoms with van der Waals surface area (Å²) in [4.78, 5) is 11.0. The number of carboxylic acid groups (broad SMARTS) is 1. The molecule has 100 valence electrons. The molecule has 0 amide bonds. The van der Waals surface area contributed by atoms with Crippen LogP contribution in [0.5, 0.6) is 5.75 Å². The lowest BCUT2D eigenvalue weighted by Gasteiger charge is -2.20. The maximum atomic E-state index is 11.0. The van der Waals surface area contributed by atoms with Crippen LogP contribution in [-0.2, 0) is 4.79 Å². The highest BCUT2D eigenvalue weighted by Crippen LogP contribution is 2.24. The molecule has 1 aromatic carbocycles. The van der Waals surface area contributed by atoms with Crippen LogP contribution in [0.2, 0.25) is 0 Å². The highest BCUT2D eigenvalue weighted by Gasteiger charge is 2.28. The first kappa shape index (κ1) is 14.5. The molecular formula is C14H21NO3. The lowest BCUT2D eigenvalue weighted by atomic mass is 9.95. The molecule has 0 aliphatic rings. The SMILES string of the molecule is Cc1cc(C(C)N)ccc1OCC(C)(C)C(=O)O. The van der Waals surface area contributed by atoms with E-state index in [0.717, 1.165) is 11.1 Å². The number of ether oxygens (including phenoxy) is 1. The smallest absolute Gasteiger partial charge is 0.312 e. The number of carboxylic acids is 1. The highest BCUT2D eigenvalue weighted by atomic mass is 16.5. The molecule has 1 unspecified atom stereocenters. The van der Waals surface area contributed by atoms with E-state index < -0.39 is 11.4 Å². The van der Waals surface area contributed by atoms with Crippen molar-refractivity contribution >= 4 is 5.97 Å². The third-order valence-corrected chi connectivity index (χ3v) is 2.89. The summed E-state index contributed by atoms with van der Waals surface area (Å²) in [6, 6.07) is 5.69. The molecule has 0 aromatic heterocycles. The van der Waals surface area contributed by atoms with Gasteiger partial charge >= 0.3 is 5.97 Å². The van der Waals surface area contributed by atoms with Crippen molar-refractivity contribution in [2.24, 2.45) is 11.1 Å². The third kappa shape index (κ3) is 3.47. The van der Waals surface area contributed by atoms with Gasteiger partial charge in [0.1, 0.15) is 12.4 Å². The Morgan fingerprint density at radius 1 is 1.50 bits per heavy atom. The minimum atomic E-state index is -0.897. The Kier molecular flexibility index (Phi) is 4.35. The van der Waals surface area contributed by atoms with Crippen LogP contribution in [-0.4, -0.2) is 17.7 Å². The van der Waals surface area contributed by atoms with Crippen LogP contribution in [0.4, 0.5) is 0 Å².